The number of nitrogens with zero attached hydrogens (tertiary/aromatic N) is 2. The van der Waals surface area contributed by atoms with Crippen LogP contribution in [-0.4, -0.2) is 55.1 Å². The van der Waals surface area contributed by atoms with Crippen LogP contribution >= 0.6 is 0 Å². The van der Waals surface area contributed by atoms with Crippen LogP contribution in [0.2, 0.25) is 0 Å². The van der Waals surface area contributed by atoms with Gasteiger partial charge < -0.3 is 10.6 Å². The first-order valence-electron chi connectivity index (χ1n) is 7.69. The molecule has 1 unspecified atom stereocenters. The molecule has 1 saturated heterocycles. The Balaban J connectivity index is 2.02. The molecule has 1 aliphatic heterocycles. The quantitative estimate of drug-likeness (QED) is 0.834. The third kappa shape index (κ3) is 2.89. The maximum atomic E-state index is 6.17. The molecule has 1 heterocycles. The molecule has 1 saturated carbocycles. The molecule has 2 aliphatic rings. The van der Waals surface area contributed by atoms with E-state index in [4.69, 9.17) is 5.73 Å². The fourth-order valence-electron chi connectivity index (χ4n) is 3.95. The second-order valence-corrected chi connectivity index (χ2v) is 6.79. The van der Waals surface area contributed by atoms with Crippen molar-refractivity contribution in [3.63, 3.8) is 0 Å². The number of likely N-dealkylation sites (tertiary alicyclic amines) is 1. The van der Waals surface area contributed by atoms with Crippen LogP contribution in [0.25, 0.3) is 0 Å². The van der Waals surface area contributed by atoms with E-state index >= 15 is 0 Å². The fraction of sp³-hybridized carbons (Fsp3) is 1.00. The first-order chi connectivity index (χ1) is 8.57. The van der Waals surface area contributed by atoms with Gasteiger partial charge in [0.2, 0.25) is 0 Å². The number of likely N-dealkylation sites (N-methyl/N-ethyl adjacent to an activating group) is 2. The summed E-state index contributed by atoms with van der Waals surface area (Å²) in [5, 5.41) is 0. The first kappa shape index (κ1) is 14.3. The number of hydrogen-bond acceptors (Lipinski definition) is 3. The zero-order valence-corrected chi connectivity index (χ0v) is 12.5. The molecule has 0 amide bonds. The van der Waals surface area contributed by atoms with Crippen molar-refractivity contribution in [3.8, 4) is 0 Å². The van der Waals surface area contributed by atoms with Gasteiger partial charge in [-0.3, -0.25) is 4.90 Å². The second kappa shape index (κ2) is 5.89. The van der Waals surface area contributed by atoms with Gasteiger partial charge in [-0.15, -0.1) is 0 Å². The van der Waals surface area contributed by atoms with Crippen molar-refractivity contribution >= 4 is 0 Å². The van der Waals surface area contributed by atoms with E-state index in [0.717, 1.165) is 25.0 Å². The molecule has 1 aliphatic carbocycles. The van der Waals surface area contributed by atoms with Crippen LogP contribution in [0.5, 0.6) is 0 Å². The normalized spacial score (nSPS) is 39.2. The van der Waals surface area contributed by atoms with E-state index in [2.05, 4.69) is 30.8 Å². The van der Waals surface area contributed by atoms with Crippen LogP contribution < -0.4 is 5.73 Å². The predicted molar refractivity (Wildman–Crippen MR) is 77.7 cm³/mol. The summed E-state index contributed by atoms with van der Waals surface area (Å²) in [4.78, 5) is 5.10. The maximum absolute atomic E-state index is 6.17. The van der Waals surface area contributed by atoms with Gasteiger partial charge in [0.25, 0.3) is 0 Å². The molecule has 0 aromatic rings. The van der Waals surface area contributed by atoms with Gasteiger partial charge in [0.1, 0.15) is 0 Å². The standard InChI is InChI=1S/C15H31N3/c1-13-5-7-14(8-6-13)18(3)15(11-16)9-4-10-17(2)12-15/h13-14H,4-12,16H2,1-3H3. The van der Waals surface area contributed by atoms with E-state index in [1.807, 2.05) is 0 Å². The number of rotatable bonds is 3. The van der Waals surface area contributed by atoms with Gasteiger partial charge in [0.05, 0.1) is 0 Å². The van der Waals surface area contributed by atoms with Crippen LogP contribution in [0, 0.1) is 5.92 Å². The van der Waals surface area contributed by atoms with Crippen molar-refractivity contribution in [1.82, 2.24) is 9.80 Å². The van der Waals surface area contributed by atoms with Crippen LogP contribution in [0.1, 0.15) is 45.4 Å². The van der Waals surface area contributed by atoms with Crippen molar-refractivity contribution in [2.75, 3.05) is 33.7 Å². The zero-order chi connectivity index (χ0) is 13.2. The maximum Gasteiger partial charge on any atom is 0.0458 e. The Morgan fingerprint density at radius 3 is 2.50 bits per heavy atom. The first-order valence-corrected chi connectivity index (χ1v) is 7.69. The highest BCUT2D eigenvalue weighted by Gasteiger charge is 2.40. The van der Waals surface area contributed by atoms with Gasteiger partial charge in [-0.2, -0.15) is 0 Å². The minimum atomic E-state index is 0.234. The van der Waals surface area contributed by atoms with E-state index in [-0.39, 0.29) is 5.54 Å². The lowest BCUT2D eigenvalue weighted by Gasteiger charge is -2.51. The lowest BCUT2D eigenvalue weighted by molar-refractivity contribution is 0.000688. The Labute approximate surface area is 113 Å². The number of nitrogens with two attached hydrogens (primary N) is 1. The summed E-state index contributed by atoms with van der Waals surface area (Å²) in [6.07, 6.45) is 8.08. The number of hydrogen-bond donors (Lipinski definition) is 1. The molecule has 2 fully saturated rings. The molecule has 18 heavy (non-hydrogen) atoms. The molecule has 106 valence electrons. The minimum absolute atomic E-state index is 0.234. The predicted octanol–water partition coefficient (Wildman–Crippen LogP) is 1.92. The van der Waals surface area contributed by atoms with E-state index in [1.165, 1.54) is 45.1 Å². The Bertz CT molecular complexity index is 260. The molecule has 0 bridgehead atoms. The molecule has 0 aromatic carbocycles. The monoisotopic (exact) mass is 253 g/mol. The molecular formula is C15H31N3. The smallest absolute Gasteiger partial charge is 0.0458 e. The Morgan fingerprint density at radius 2 is 1.94 bits per heavy atom. The Morgan fingerprint density at radius 1 is 1.28 bits per heavy atom. The van der Waals surface area contributed by atoms with Gasteiger partial charge >= 0.3 is 0 Å². The second-order valence-electron chi connectivity index (χ2n) is 6.79. The summed E-state index contributed by atoms with van der Waals surface area (Å²) in [7, 11) is 4.56. The average molecular weight is 253 g/mol. The molecule has 0 spiro atoms. The molecule has 3 nitrogen and oxygen atoms in total. The molecule has 2 N–H and O–H groups in total. The third-order valence-electron chi connectivity index (χ3n) is 5.41. The van der Waals surface area contributed by atoms with Crippen LogP contribution in [-0.2, 0) is 0 Å². The summed E-state index contributed by atoms with van der Waals surface area (Å²) >= 11 is 0. The van der Waals surface area contributed by atoms with Crippen LogP contribution in [0.4, 0.5) is 0 Å². The van der Waals surface area contributed by atoms with E-state index in [0.29, 0.717) is 0 Å². The molecule has 1 atom stereocenters. The van der Waals surface area contributed by atoms with Gasteiger partial charge in [-0.1, -0.05) is 6.92 Å². The summed E-state index contributed by atoms with van der Waals surface area (Å²) in [6.45, 7) is 5.58. The SMILES string of the molecule is CC1CCC(N(C)C2(CN)CCCN(C)C2)CC1. The van der Waals surface area contributed by atoms with Gasteiger partial charge in [-0.05, 0) is 65.1 Å². The van der Waals surface area contributed by atoms with Gasteiger partial charge in [0.15, 0.2) is 0 Å². The van der Waals surface area contributed by atoms with Gasteiger partial charge in [-0.25, -0.2) is 0 Å². The summed E-state index contributed by atoms with van der Waals surface area (Å²) in [5.74, 6) is 0.928. The highest BCUT2D eigenvalue weighted by atomic mass is 15.3. The van der Waals surface area contributed by atoms with Crippen LogP contribution in [0.3, 0.4) is 0 Å². The molecule has 2 rings (SSSR count). The van der Waals surface area contributed by atoms with E-state index < -0.39 is 0 Å². The summed E-state index contributed by atoms with van der Waals surface area (Å²) in [6, 6.07) is 0.760. The highest BCUT2D eigenvalue weighted by Crippen LogP contribution is 2.33. The van der Waals surface area contributed by atoms with E-state index in [1.54, 1.807) is 0 Å². The Kier molecular flexibility index (Phi) is 4.68. The van der Waals surface area contributed by atoms with E-state index in [9.17, 15) is 0 Å². The molecular weight excluding hydrogens is 222 g/mol. The van der Waals surface area contributed by atoms with Crippen LogP contribution in [0.15, 0.2) is 0 Å². The third-order valence-corrected chi connectivity index (χ3v) is 5.41. The van der Waals surface area contributed by atoms with Crippen molar-refractivity contribution in [3.05, 3.63) is 0 Å². The van der Waals surface area contributed by atoms with Crippen molar-refractivity contribution in [2.24, 2.45) is 11.7 Å². The molecule has 0 radical (unpaired) electrons. The lowest BCUT2D eigenvalue weighted by atomic mass is 9.81. The average Bonchev–Trinajstić information content (AvgIpc) is 2.38. The van der Waals surface area contributed by atoms with Crippen molar-refractivity contribution in [2.45, 2.75) is 57.0 Å². The van der Waals surface area contributed by atoms with Gasteiger partial charge in [0, 0.05) is 24.7 Å². The topological polar surface area (TPSA) is 32.5 Å². The largest absolute Gasteiger partial charge is 0.329 e. The summed E-state index contributed by atoms with van der Waals surface area (Å²) < 4.78 is 0. The fourth-order valence-corrected chi connectivity index (χ4v) is 3.95. The minimum Gasteiger partial charge on any atom is -0.329 e. The molecule has 3 heteroatoms. The van der Waals surface area contributed by atoms with Crippen molar-refractivity contribution in [1.29, 1.82) is 0 Å². The lowest BCUT2D eigenvalue weighted by Crippen LogP contribution is -2.63. The summed E-state index contributed by atoms with van der Waals surface area (Å²) in [5.41, 5.74) is 6.40. The van der Waals surface area contributed by atoms with Crippen molar-refractivity contribution < 1.29 is 0 Å². The molecule has 0 aromatic heterocycles. The zero-order valence-electron chi connectivity index (χ0n) is 12.5. The highest BCUT2D eigenvalue weighted by molar-refractivity contribution is 4.98. The number of piperidine rings is 1. The Hall–Kier alpha value is -0.120.